The van der Waals surface area contributed by atoms with Gasteiger partial charge in [-0.15, -0.1) is 0 Å². The smallest absolute Gasteiger partial charge is 0.390 e. The molecule has 2 atom stereocenters. The summed E-state index contributed by atoms with van der Waals surface area (Å²) in [7, 11) is -4.01. The highest BCUT2D eigenvalue weighted by Crippen LogP contribution is 2.40. The van der Waals surface area contributed by atoms with Crippen LogP contribution >= 0.6 is 0 Å². The summed E-state index contributed by atoms with van der Waals surface area (Å²) in [6.07, 6.45) is -3.45. The zero-order chi connectivity index (χ0) is 29.1. The molecule has 2 heterocycles. The monoisotopic (exact) mass is 585 g/mol. The number of piperidine rings is 1. The SMILES string of the molecule is CC1(C)OC(=NC(CCO)c2ccccc2F)NS(=O)(=O)C1c1ccc(C2CCN(CCC(F)(F)F)CC2)cc1. The van der Waals surface area contributed by atoms with Crippen LogP contribution < -0.4 is 4.72 Å². The van der Waals surface area contributed by atoms with E-state index in [9.17, 15) is 31.1 Å². The van der Waals surface area contributed by atoms with E-state index in [0.29, 0.717) is 18.7 Å². The molecule has 2 unspecified atom stereocenters. The topological polar surface area (TPSA) is 91.2 Å². The number of aliphatic imine (C=N–C) groups is 1. The number of aliphatic hydroxyl groups is 1. The number of rotatable bonds is 8. The van der Waals surface area contributed by atoms with E-state index in [2.05, 4.69) is 9.71 Å². The van der Waals surface area contributed by atoms with Crippen molar-refractivity contribution in [3.05, 3.63) is 71.0 Å². The van der Waals surface area contributed by atoms with Gasteiger partial charge in [0.05, 0.1) is 12.5 Å². The van der Waals surface area contributed by atoms with Crippen molar-refractivity contribution in [2.45, 2.75) is 68.5 Å². The van der Waals surface area contributed by atoms with Gasteiger partial charge in [-0.1, -0.05) is 42.5 Å². The normalized spacial score (nSPS) is 23.4. The van der Waals surface area contributed by atoms with E-state index in [0.717, 1.165) is 18.4 Å². The van der Waals surface area contributed by atoms with Crippen molar-refractivity contribution in [2.75, 3.05) is 26.2 Å². The van der Waals surface area contributed by atoms with Crippen molar-refractivity contribution in [1.82, 2.24) is 9.62 Å². The number of nitrogens with zero attached hydrogens (tertiary/aromatic N) is 2. The number of aliphatic hydroxyl groups excluding tert-OH is 1. The van der Waals surface area contributed by atoms with Crippen molar-refractivity contribution in [3.63, 3.8) is 0 Å². The molecule has 0 aromatic heterocycles. The molecule has 0 aliphatic carbocycles. The minimum Gasteiger partial charge on any atom is -0.457 e. The van der Waals surface area contributed by atoms with E-state index in [1.807, 2.05) is 17.0 Å². The lowest BCUT2D eigenvalue weighted by Gasteiger charge is -2.39. The van der Waals surface area contributed by atoms with Crippen LogP contribution in [-0.2, 0) is 14.8 Å². The van der Waals surface area contributed by atoms with Crippen LogP contribution in [0.3, 0.4) is 0 Å². The summed E-state index contributed by atoms with van der Waals surface area (Å²) >= 11 is 0. The molecule has 40 heavy (non-hydrogen) atoms. The van der Waals surface area contributed by atoms with E-state index < -0.39 is 45.3 Å². The van der Waals surface area contributed by atoms with Crippen molar-refractivity contribution < 1.29 is 35.8 Å². The summed E-state index contributed by atoms with van der Waals surface area (Å²) < 4.78 is 87.2. The number of nitrogens with one attached hydrogen (secondary N) is 1. The number of ether oxygens (including phenoxy) is 1. The number of amidine groups is 1. The standard InChI is InChI=1S/C28H35F4N3O4S/c1-27(2)25(21-9-7-19(8-10-21)20-11-15-35(16-12-20)17-14-28(30,31)32)40(37,38)34-26(39-27)33-24(13-18-36)22-5-3-4-6-23(22)29/h3-10,20,24-25,36H,11-18H2,1-2H3,(H,33,34). The summed E-state index contributed by atoms with van der Waals surface area (Å²) in [5, 5.41) is 8.42. The second kappa shape index (κ2) is 12.0. The van der Waals surface area contributed by atoms with Crippen molar-refractivity contribution in [3.8, 4) is 0 Å². The molecule has 220 valence electrons. The van der Waals surface area contributed by atoms with Gasteiger partial charge < -0.3 is 14.7 Å². The Bertz CT molecular complexity index is 1290. The molecular formula is C28H35F4N3O4S. The molecule has 2 aromatic rings. The second-order valence-corrected chi connectivity index (χ2v) is 12.6. The Morgan fingerprint density at radius 1 is 1.10 bits per heavy atom. The van der Waals surface area contributed by atoms with Gasteiger partial charge >= 0.3 is 6.18 Å². The molecule has 2 N–H and O–H groups in total. The number of hydrogen-bond donors (Lipinski definition) is 2. The molecule has 0 bridgehead atoms. The first-order valence-corrected chi connectivity index (χ1v) is 14.9. The summed E-state index contributed by atoms with van der Waals surface area (Å²) in [5.41, 5.74) is 0.517. The minimum absolute atomic E-state index is 0.00308. The van der Waals surface area contributed by atoms with Gasteiger partial charge in [0.1, 0.15) is 16.7 Å². The number of sulfonamides is 1. The lowest BCUT2D eigenvalue weighted by molar-refractivity contribution is -0.138. The third-order valence-corrected chi connectivity index (χ3v) is 9.40. The molecule has 0 radical (unpaired) electrons. The van der Waals surface area contributed by atoms with Gasteiger partial charge in [0.25, 0.3) is 6.02 Å². The molecule has 7 nitrogen and oxygen atoms in total. The highest BCUT2D eigenvalue weighted by atomic mass is 32.2. The predicted octanol–water partition coefficient (Wildman–Crippen LogP) is 5.21. The first-order chi connectivity index (χ1) is 18.8. The fourth-order valence-corrected chi connectivity index (χ4v) is 7.29. The maximum atomic E-state index is 14.4. The maximum absolute atomic E-state index is 14.4. The van der Waals surface area contributed by atoms with Gasteiger partial charge in [-0.05, 0) is 69.3 Å². The zero-order valence-electron chi connectivity index (χ0n) is 22.5. The molecule has 0 spiro atoms. The first-order valence-electron chi connectivity index (χ1n) is 13.3. The fourth-order valence-electron chi connectivity index (χ4n) is 5.53. The second-order valence-electron chi connectivity index (χ2n) is 10.9. The summed E-state index contributed by atoms with van der Waals surface area (Å²) in [6.45, 7) is 4.16. The number of halogens is 4. The Kier molecular flexibility index (Phi) is 9.11. The number of benzene rings is 2. The largest absolute Gasteiger partial charge is 0.457 e. The number of alkyl halides is 3. The van der Waals surface area contributed by atoms with Crippen LogP contribution in [0.1, 0.15) is 73.4 Å². The molecular weight excluding hydrogens is 550 g/mol. The molecule has 0 saturated carbocycles. The molecule has 0 amide bonds. The van der Waals surface area contributed by atoms with Crippen LogP contribution in [0.25, 0.3) is 0 Å². The van der Waals surface area contributed by atoms with Crippen LogP contribution in [0.2, 0.25) is 0 Å². The van der Waals surface area contributed by atoms with Crippen LogP contribution in [-0.4, -0.2) is 62.5 Å². The highest BCUT2D eigenvalue weighted by molar-refractivity contribution is 7.90. The maximum Gasteiger partial charge on any atom is 0.390 e. The molecule has 4 rings (SSSR count). The Balaban J connectivity index is 1.47. The quantitative estimate of drug-likeness (QED) is 0.416. The molecule has 2 saturated heterocycles. The molecule has 2 fully saturated rings. The van der Waals surface area contributed by atoms with Gasteiger partial charge in [0.15, 0.2) is 0 Å². The Hall–Kier alpha value is -2.70. The first kappa shape index (κ1) is 30.3. The van der Waals surface area contributed by atoms with Gasteiger partial charge in [-0.25, -0.2) is 22.5 Å². The van der Waals surface area contributed by atoms with Crippen molar-refractivity contribution in [2.24, 2.45) is 4.99 Å². The molecule has 2 aromatic carbocycles. The van der Waals surface area contributed by atoms with Gasteiger partial charge in [0.2, 0.25) is 10.0 Å². The minimum atomic E-state index is -4.16. The van der Waals surface area contributed by atoms with Crippen LogP contribution in [0.5, 0.6) is 0 Å². The van der Waals surface area contributed by atoms with E-state index in [-0.39, 0.29) is 37.1 Å². The summed E-state index contributed by atoms with van der Waals surface area (Å²) in [6, 6.07) is 12.1. The Labute approximate surface area is 232 Å². The highest BCUT2D eigenvalue weighted by Gasteiger charge is 2.48. The third kappa shape index (κ3) is 7.32. The van der Waals surface area contributed by atoms with Crippen molar-refractivity contribution >= 4 is 16.0 Å². The average Bonchev–Trinajstić information content (AvgIpc) is 2.86. The lowest BCUT2D eigenvalue weighted by Crippen LogP contribution is -2.53. The van der Waals surface area contributed by atoms with Gasteiger partial charge in [-0.3, -0.25) is 0 Å². The van der Waals surface area contributed by atoms with E-state index in [1.165, 1.54) is 18.2 Å². The number of hydrogen-bond acceptors (Lipinski definition) is 6. The van der Waals surface area contributed by atoms with Gasteiger partial charge in [-0.2, -0.15) is 13.2 Å². The van der Waals surface area contributed by atoms with E-state index >= 15 is 0 Å². The van der Waals surface area contributed by atoms with Gasteiger partial charge in [0, 0.05) is 18.7 Å². The molecule has 2 aliphatic heterocycles. The Morgan fingerprint density at radius 3 is 2.30 bits per heavy atom. The molecule has 12 heteroatoms. The predicted molar refractivity (Wildman–Crippen MR) is 144 cm³/mol. The van der Waals surface area contributed by atoms with Crippen LogP contribution in [0.4, 0.5) is 17.6 Å². The fraction of sp³-hybridized carbons (Fsp3) is 0.536. The van der Waals surface area contributed by atoms with Crippen molar-refractivity contribution in [1.29, 1.82) is 0 Å². The van der Waals surface area contributed by atoms with E-state index in [1.54, 1.807) is 32.0 Å². The number of likely N-dealkylation sites (tertiary alicyclic amines) is 1. The summed E-state index contributed by atoms with van der Waals surface area (Å²) in [5.74, 6) is -0.338. The lowest BCUT2D eigenvalue weighted by atomic mass is 9.88. The summed E-state index contributed by atoms with van der Waals surface area (Å²) in [4.78, 5) is 6.15. The van der Waals surface area contributed by atoms with Crippen LogP contribution in [0.15, 0.2) is 53.5 Å². The van der Waals surface area contributed by atoms with E-state index in [4.69, 9.17) is 4.74 Å². The Morgan fingerprint density at radius 2 is 1.73 bits per heavy atom. The zero-order valence-corrected chi connectivity index (χ0v) is 23.3. The third-order valence-electron chi connectivity index (χ3n) is 7.48. The molecule has 2 aliphatic rings. The van der Waals surface area contributed by atoms with Crippen LogP contribution in [0, 0.1) is 5.82 Å². The average molecular weight is 586 g/mol.